The largest absolute Gasteiger partial charge is 0.283 e. The highest BCUT2D eigenvalue weighted by molar-refractivity contribution is 9.08. The summed E-state index contributed by atoms with van der Waals surface area (Å²) in [6.45, 7) is 0. The van der Waals surface area contributed by atoms with Gasteiger partial charge >= 0.3 is 0 Å². The van der Waals surface area contributed by atoms with E-state index in [1.807, 2.05) is 0 Å². The molecule has 1 heterocycles. The van der Waals surface area contributed by atoms with Gasteiger partial charge in [-0.15, -0.1) is 0 Å². The minimum Gasteiger partial charge on any atom is -0.258 e. The second kappa shape index (κ2) is 4.94. The molecule has 5 nitrogen and oxygen atoms in total. The van der Waals surface area contributed by atoms with Gasteiger partial charge in [0, 0.05) is 5.33 Å². The first-order valence-electron chi connectivity index (χ1n) is 3.93. The molecule has 84 valence electrons. The Bertz CT molecular complexity index is 473. The first kappa shape index (κ1) is 12.4. The summed E-state index contributed by atoms with van der Waals surface area (Å²) in [7, 11) is 0. The van der Waals surface area contributed by atoms with Crippen molar-refractivity contribution in [2.75, 3.05) is 0 Å². The SMILES string of the molecule is N#Cc1cc([N+](=O)[O-])c(C(F)F)c(CBr)n1. The third-order valence-corrected chi connectivity index (χ3v) is 2.30. The number of alkyl halides is 3. The number of hydrogen-bond donors (Lipinski definition) is 0. The van der Waals surface area contributed by atoms with Crippen LogP contribution in [0, 0.1) is 21.4 Å². The van der Waals surface area contributed by atoms with Crippen molar-refractivity contribution in [2.45, 2.75) is 11.8 Å². The summed E-state index contributed by atoms with van der Waals surface area (Å²) in [5.41, 5.74) is -1.98. The quantitative estimate of drug-likeness (QED) is 0.487. The van der Waals surface area contributed by atoms with Crippen LogP contribution in [0.2, 0.25) is 0 Å². The molecule has 0 bridgehead atoms. The van der Waals surface area contributed by atoms with Crippen LogP contribution in [0.4, 0.5) is 14.5 Å². The monoisotopic (exact) mass is 291 g/mol. The number of nitriles is 1. The molecule has 0 aromatic carbocycles. The molecular weight excluding hydrogens is 288 g/mol. The molecule has 0 radical (unpaired) electrons. The van der Waals surface area contributed by atoms with Gasteiger partial charge in [-0.1, -0.05) is 15.9 Å². The van der Waals surface area contributed by atoms with Gasteiger partial charge in [-0.2, -0.15) is 5.26 Å². The highest BCUT2D eigenvalue weighted by atomic mass is 79.9. The van der Waals surface area contributed by atoms with Gasteiger partial charge in [0.1, 0.15) is 17.3 Å². The van der Waals surface area contributed by atoms with Gasteiger partial charge in [0.15, 0.2) is 0 Å². The predicted octanol–water partition coefficient (Wildman–Crippen LogP) is 2.69. The normalized spacial score (nSPS) is 10.2. The number of halogens is 3. The summed E-state index contributed by atoms with van der Waals surface area (Å²) in [6, 6.07) is 2.33. The Kier molecular flexibility index (Phi) is 3.84. The molecule has 1 aromatic heterocycles. The Balaban J connectivity index is 3.55. The van der Waals surface area contributed by atoms with Crippen molar-refractivity contribution < 1.29 is 13.7 Å². The summed E-state index contributed by atoms with van der Waals surface area (Å²) in [4.78, 5) is 13.2. The van der Waals surface area contributed by atoms with Gasteiger partial charge < -0.3 is 0 Å². The maximum Gasteiger partial charge on any atom is 0.283 e. The van der Waals surface area contributed by atoms with Crippen molar-refractivity contribution in [3.05, 3.63) is 33.1 Å². The van der Waals surface area contributed by atoms with E-state index in [-0.39, 0.29) is 16.7 Å². The molecule has 16 heavy (non-hydrogen) atoms. The molecule has 0 atom stereocenters. The van der Waals surface area contributed by atoms with Gasteiger partial charge in [-0.25, -0.2) is 13.8 Å². The van der Waals surface area contributed by atoms with Gasteiger partial charge in [0.25, 0.3) is 12.1 Å². The molecule has 1 rings (SSSR count). The fourth-order valence-electron chi connectivity index (χ4n) is 1.14. The third kappa shape index (κ3) is 2.30. The van der Waals surface area contributed by atoms with Gasteiger partial charge in [-0.3, -0.25) is 10.1 Å². The van der Waals surface area contributed by atoms with Crippen LogP contribution in [0.5, 0.6) is 0 Å². The molecule has 0 unspecified atom stereocenters. The van der Waals surface area contributed by atoms with E-state index in [1.165, 1.54) is 0 Å². The van der Waals surface area contributed by atoms with E-state index in [4.69, 9.17) is 5.26 Å². The Morgan fingerprint density at radius 3 is 2.69 bits per heavy atom. The number of aromatic nitrogens is 1. The minimum atomic E-state index is -3.01. The summed E-state index contributed by atoms with van der Waals surface area (Å²) in [5, 5.41) is 19.1. The van der Waals surface area contributed by atoms with Gasteiger partial charge in [-0.05, 0) is 0 Å². The van der Waals surface area contributed by atoms with Crippen LogP contribution in [0.1, 0.15) is 23.4 Å². The number of rotatable bonds is 3. The lowest BCUT2D eigenvalue weighted by Crippen LogP contribution is -2.04. The zero-order valence-corrected chi connectivity index (χ0v) is 9.24. The Morgan fingerprint density at radius 2 is 2.31 bits per heavy atom. The molecule has 0 aliphatic heterocycles. The zero-order valence-electron chi connectivity index (χ0n) is 7.65. The van der Waals surface area contributed by atoms with Crippen LogP contribution in [0.15, 0.2) is 6.07 Å². The molecule has 8 heteroatoms. The van der Waals surface area contributed by atoms with E-state index in [0.717, 1.165) is 6.07 Å². The Morgan fingerprint density at radius 1 is 1.69 bits per heavy atom. The van der Waals surface area contributed by atoms with E-state index >= 15 is 0 Å². The number of hydrogen-bond acceptors (Lipinski definition) is 4. The predicted molar refractivity (Wildman–Crippen MR) is 53.2 cm³/mol. The van der Waals surface area contributed by atoms with Gasteiger partial charge in [0.2, 0.25) is 0 Å². The average molecular weight is 292 g/mol. The molecule has 0 saturated heterocycles. The van der Waals surface area contributed by atoms with Crippen LogP contribution in [0.25, 0.3) is 0 Å². The minimum absolute atomic E-state index is 0.0803. The number of nitrogens with zero attached hydrogens (tertiary/aromatic N) is 3. The fourth-order valence-corrected chi connectivity index (χ4v) is 1.57. The van der Waals surface area contributed by atoms with Crippen LogP contribution in [-0.4, -0.2) is 9.91 Å². The average Bonchev–Trinajstić information content (AvgIpc) is 2.26. The van der Waals surface area contributed by atoms with E-state index in [1.54, 1.807) is 6.07 Å². The van der Waals surface area contributed by atoms with Gasteiger partial charge in [0.05, 0.1) is 16.7 Å². The summed E-state index contributed by atoms with van der Waals surface area (Å²) < 4.78 is 25.2. The topological polar surface area (TPSA) is 79.8 Å². The van der Waals surface area contributed by atoms with E-state index < -0.39 is 22.6 Å². The molecule has 0 fully saturated rings. The van der Waals surface area contributed by atoms with Crippen molar-refractivity contribution in [3.8, 4) is 6.07 Å². The second-order valence-corrected chi connectivity index (χ2v) is 3.25. The zero-order chi connectivity index (χ0) is 12.3. The van der Waals surface area contributed by atoms with E-state index in [0.29, 0.717) is 0 Å². The molecule has 0 aliphatic carbocycles. The van der Waals surface area contributed by atoms with E-state index in [2.05, 4.69) is 20.9 Å². The highest BCUT2D eigenvalue weighted by Gasteiger charge is 2.27. The maximum absolute atomic E-state index is 12.6. The highest BCUT2D eigenvalue weighted by Crippen LogP contribution is 2.32. The third-order valence-electron chi connectivity index (χ3n) is 1.77. The van der Waals surface area contributed by atoms with Crippen molar-refractivity contribution in [1.29, 1.82) is 5.26 Å². The lowest BCUT2D eigenvalue weighted by Gasteiger charge is -2.06. The second-order valence-electron chi connectivity index (χ2n) is 2.69. The maximum atomic E-state index is 12.6. The molecule has 0 spiro atoms. The summed E-state index contributed by atoms with van der Waals surface area (Å²) in [6.07, 6.45) is -3.01. The Hall–Kier alpha value is -1.62. The van der Waals surface area contributed by atoms with Crippen molar-refractivity contribution in [3.63, 3.8) is 0 Å². The van der Waals surface area contributed by atoms with Crippen molar-refractivity contribution in [1.82, 2.24) is 4.98 Å². The molecule has 0 saturated carbocycles. The molecule has 1 aromatic rings. The first-order valence-corrected chi connectivity index (χ1v) is 5.05. The lowest BCUT2D eigenvalue weighted by molar-refractivity contribution is -0.386. The smallest absolute Gasteiger partial charge is 0.258 e. The van der Waals surface area contributed by atoms with Crippen molar-refractivity contribution >= 4 is 21.6 Å². The van der Waals surface area contributed by atoms with E-state index in [9.17, 15) is 18.9 Å². The molecule has 0 aliphatic rings. The summed E-state index contributed by atoms with van der Waals surface area (Å²) in [5.74, 6) is 0. The molecule has 0 amide bonds. The Labute approximate surface area is 97.0 Å². The molecule has 0 N–H and O–H groups in total. The van der Waals surface area contributed by atoms with Crippen LogP contribution in [-0.2, 0) is 5.33 Å². The molecular formula is C8H4BrF2N3O2. The van der Waals surface area contributed by atoms with Crippen molar-refractivity contribution in [2.24, 2.45) is 0 Å². The number of pyridine rings is 1. The van der Waals surface area contributed by atoms with Crippen LogP contribution >= 0.6 is 15.9 Å². The fraction of sp³-hybridized carbons (Fsp3) is 0.250. The number of nitro groups is 1. The first-order chi connectivity index (χ1) is 7.51. The van der Waals surface area contributed by atoms with Crippen LogP contribution < -0.4 is 0 Å². The van der Waals surface area contributed by atoms with Crippen LogP contribution in [0.3, 0.4) is 0 Å². The lowest BCUT2D eigenvalue weighted by atomic mass is 10.1. The standard InChI is InChI=1S/C8H4BrF2N3O2/c9-2-5-7(8(10)11)6(14(15)16)1-4(3-12)13-5/h1,8H,2H2. The summed E-state index contributed by atoms with van der Waals surface area (Å²) >= 11 is 2.90.